The molecule has 0 saturated carbocycles. The first-order chi connectivity index (χ1) is 8.29. The molecule has 0 bridgehead atoms. The molecule has 1 aromatic rings. The zero-order chi connectivity index (χ0) is 12.1. The Labute approximate surface area is 103 Å². The lowest BCUT2D eigenvalue weighted by molar-refractivity contribution is 0.155. The number of likely N-dealkylation sites (N-methyl/N-ethyl adjacent to an activating group) is 1. The molecule has 1 fully saturated rings. The predicted octanol–water partition coefficient (Wildman–Crippen LogP) is 1.02. The molecule has 4 nitrogen and oxygen atoms in total. The molecule has 1 aromatic heterocycles. The van der Waals surface area contributed by atoms with Gasteiger partial charge in [0.25, 0.3) is 0 Å². The van der Waals surface area contributed by atoms with Crippen LogP contribution in [0, 0.1) is 0 Å². The average Bonchev–Trinajstić information content (AvgIpc) is 2.83. The van der Waals surface area contributed by atoms with Crippen molar-refractivity contribution in [1.29, 1.82) is 0 Å². The molecule has 1 aliphatic heterocycles. The third-order valence-electron chi connectivity index (χ3n) is 3.16. The van der Waals surface area contributed by atoms with Gasteiger partial charge in [0.2, 0.25) is 0 Å². The molecule has 0 amide bonds. The monoisotopic (exact) mass is 235 g/mol. The van der Waals surface area contributed by atoms with Crippen LogP contribution in [0.4, 0.5) is 0 Å². The zero-order valence-electron chi connectivity index (χ0n) is 10.6. The largest absolute Gasteiger partial charge is 0.380 e. The summed E-state index contributed by atoms with van der Waals surface area (Å²) in [6.45, 7) is 3.46. The Hall–Kier alpha value is -0.970. The van der Waals surface area contributed by atoms with Crippen LogP contribution >= 0.6 is 0 Å². The number of aromatic nitrogens is 1. The van der Waals surface area contributed by atoms with Gasteiger partial charge in [-0.05, 0) is 32.6 Å². The Morgan fingerprint density at radius 2 is 2.29 bits per heavy atom. The molecule has 0 radical (unpaired) electrons. The van der Waals surface area contributed by atoms with Gasteiger partial charge in [-0.1, -0.05) is 6.07 Å². The van der Waals surface area contributed by atoms with Crippen LogP contribution in [0.1, 0.15) is 17.8 Å². The van der Waals surface area contributed by atoms with Crippen molar-refractivity contribution in [1.82, 2.24) is 15.2 Å². The molecule has 2 heterocycles. The summed E-state index contributed by atoms with van der Waals surface area (Å²) >= 11 is 0. The van der Waals surface area contributed by atoms with E-state index < -0.39 is 0 Å². The van der Waals surface area contributed by atoms with Gasteiger partial charge < -0.3 is 10.1 Å². The fourth-order valence-electron chi connectivity index (χ4n) is 2.15. The molecule has 1 atom stereocenters. The van der Waals surface area contributed by atoms with Gasteiger partial charge in [0.1, 0.15) is 0 Å². The van der Waals surface area contributed by atoms with Gasteiger partial charge >= 0.3 is 0 Å². The van der Waals surface area contributed by atoms with E-state index >= 15 is 0 Å². The highest BCUT2D eigenvalue weighted by molar-refractivity contribution is 5.11. The van der Waals surface area contributed by atoms with Crippen LogP contribution in [-0.2, 0) is 17.8 Å². The Bertz CT molecular complexity index is 350. The Morgan fingerprint density at radius 1 is 1.47 bits per heavy atom. The third-order valence-corrected chi connectivity index (χ3v) is 3.16. The van der Waals surface area contributed by atoms with Gasteiger partial charge in [-0.15, -0.1) is 0 Å². The van der Waals surface area contributed by atoms with Crippen molar-refractivity contribution in [2.24, 2.45) is 0 Å². The smallest absolute Gasteiger partial charge is 0.0622 e. The van der Waals surface area contributed by atoms with E-state index in [1.165, 1.54) is 0 Å². The molecule has 1 saturated heterocycles. The molecule has 1 N–H and O–H groups in total. The molecule has 0 aliphatic carbocycles. The molecule has 0 aromatic carbocycles. The number of rotatable bonds is 5. The molecule has 1 aliphatic rings. The number of hydrogen-bond donors (Lipinski definition) is 1. The summed E-state index contributed by atoms with van der Waals surface area (Å²) < 4.78 is 5.41. The second kappa shape index (κ2) is 6.10. The molecular formula is C13H21N3O. The maximum absolute atomic E-state index is 5.41. The van der Waals surface area contributed by atoms with Crippen molar-refractivity contribution in [2.75, 3.05) is 27.3 Å². The molecule has 4 heteroatoms. The van der Waals surface area contributed by atoms with Crippen LogP contribution in [-0.4, -0.2) is 43.2 Å². The van der Waals surface area contributed by atoms with Gasteiger partial charge in [0.05, 0.1) is 18.0 Å². The van der Waals surface area contributed by atoms with Crippen LogP contribution in [0.5, 0.6) is 0 Å². The molecule has 17 heavy (non-hydrogen) atoms. The van der Waals surface area contributed by atoms with Gasteiger partial charge in [0.15, 0.2) is 0 Å². The highest BCUT2D eigenvalue weighted by atomic mass is 16.5. The summed E-state index contributed by atoms with van der Waals surface area (Å²) in [6.07, 6.45) is 1.13. The van der Waals surface area contributed by atoms with E-state index in [-0.39, 0.29) is 0 Å². The van der Waals surface area contributed by atoms with E-state index in [0.717, 1.165) is 44.1 Å². The van der Waals surface area contributed by atoms with E-state index in [9.17, 15) is 0 Å². The Balaban J connectivity index is 1.94. The summed E-state index contributed by atoms with van der Waals surface area (Å²) in [5.41, 5.74) is 2.23. The molecule has 1 unspecified atom stereocenters. The minimum Gasteiger partial charge on any atom is -0.380 e. The van der Waals surface area contributed by atoms with Gasteiger partial charge in [-0.2, -0.15) is 0 Å². The van der Waals surface area contributed by atoms with E-state index in [1.54, 1.807) is 0 Å². The lowest BCUT2D eigenvalue weighted by Gasteiger charge is -2.22. The number of pyridine rings is 1. The number of nitrogens with zero attached hydrogens (tertiary/aromatic N) is 2. The third kappa shape index (κ3) is 3.49. The molecule has 2 rings (SSSR count). The van der Waals surface area contributed by atoms with E-state index in [4.69, 9.17) is 4.74 Å². The second-order valence-corrected chi connectivity index (χ2v) is 4.58. The maximum atomic E-state index is 5.41. The Morgan fingerprint density at radius 3 is 3.00 bits per heavy atom. The van der Waals surface area contributed by atoms with Crippen molar-refractivity contribution in [2.45, 2.75) is 25.6 Å². The summed E-state index contributed by atoms with van der Waals surface area (Å²) in [6, 6.07) is 6.77. The lowest BCUT2D eigenvalue weighted by atomic mass is 10.2. The predicted molar refractivity (Wildman–Crippen MR) is 67.7 cm³/mol. The zero-order valence-corrected chi connectivity index (χ0v) is 10.6. The lowest BCUT2D eigenvalue weighted by Crippen LogP contribution is -2.31. The van der Waals surface area contributed by atoms with E-state index in [1.807, 2.05) is 7.05 Å². The summed E-state index contributed by atoms with van der Waals surface area (Å²) in [5.74, 6) is 0. The quantitative estimate of drug-likeness (QED) is 0.827. The van der Waals surface area contributed by atoms with Crippen LogP contribution in [0.2, 0.25) is 0 Å². The normalized spacial score (nSPS) is 20.1. The maximum Gasteiger partial charge on any atom is 0.0622 e. The van der Waals surface area contributed by atoms with Gasteiger partial charge in [0, 0.05) is 25.7 Å². The van der Waals surface area contributed by atoms with Crippen molar-refractivity contribution in [3.8, 4) is 0 Å². The van der Waals surface area contributed by atoms with Crippen LogP contribution in [0.3, 0.4) is 0 Å². The topological polar surface area (TPSA) is 37.4 Å². The van der Waals surface area contributed by atoms with Crippen molar-refractivity contribution >= 4 is 0 Å². The second-order valence-electron chi connectivity index (χ2n) is 4.58. The first-order valence-corrected chi connectivity index (χ1v) is 6.17. The molecule has 94 valence electrons. The SMILES string of the molecule is CNCc1cccc(CN(C)C2CCOC2)n1. The highest BCUT2D eigenvalue weighted by Crippen LogP contribution is 2.13. The first kappa shape index (κ1) is 12.5. The van der Waals surface area contributed by atoms with Crippen LogP contribution in [0.15, 0.2) is 18.2 Å². The fraction of sp³-hybridized carbons (Fsp3) is 0.615. The minimum atomic E-state index is 0.546. The summed E-state index contributed by atoms with van der Waals surface area (Å²) in [4.78, 5) is 6.96. The van der Waals surface area contributed by atoms with Gasteiger partial charge in [-0.25, -0.2) is 0 Å². The summed E-state index contributed by atoms with van der Waals surface area (Å²) in [5, 5.41) is 3.12. The van der Waals surface area contributed by atoms with Crippen molar-refractivity contribution < 1.29 is 4.74 Å². The fourth-order valence-corrected chi connectivity index (χ4v) is 2.15. The van der Waals surface area contributed by atoms with Crippen LogP contribution < -0.4 is 5.32 Å². The first-order valence-electron chi connectivity index (χ1n) is 6.17. The Kier molecular flexibility index (Phi) is 4.48. The average molecular weight is 235 g/mol. The van der Waals surface area contributed by atoms with Crippen molar-refractivity contribution in [3.63, 3.8) is 0 Å². The number of ether oxygens (including phenoxy) is 1. The number of nitrogens with one attached hydrogen (secondary N) is 1. The minimum absolute atomic E-state index is 0.546. The van der Waals surface area contributed by atoms with Crippen LogP contribution in [0.25, 0.3) is 0 Å². The highest BCUT2D eigenvalue weighted by Gasteiger charge is 2.20. The molecule has 0 spiro atoms. The van der Waals surface area contributed by atoms with Gasteiger partial charge in [-0.3, -0.25) is 9.88 Å². The molecular weight excluding hydrogens is 214 g/mol. The van der Waals surface area contributed by atoms with Crippen molar-refractivity contribution in [3.05, 3.63) is 29.6 Å². The summed E-state index contributed by atoms with van der Waals surface area (Å²) in [7, 11) is 4.09. The van der Waals surface area contributed by atoms with E-state index in [2.05, 4.69) is 40.4 Å². The number of hydrogen-bond acceptors (Lipinski definition) is 4. The standard InChI is InChI=1S/C13H21N3O/c1-14-8-11-4-3-5-12(15-11)9-16(2)13-6-7-17-10-13/h3-5,13-14H,6-10H2,1-2H3. The van der Waals surface area contributed by atoms with E-state index in [0.29, 0.717) is 6.04 Å².